The zero-order valence-corrected chi connectivity index (χ0v) is 16.6. The number of rotatable bonds is 6. The van der Waals surface area contributed by atoms with Gasteiger partial charge in [-0.05, 0) is 63.6 Å². The third-order valence-electron chi connectivity index (χ3n) is 3.78. The minimum Gasteiger partial charge on any atom is -0.325 e. The number of halogens is 1. The van der Waals surface area contributed by atoms with Gasteiger partial charge in [0.2, 0.25) is 11.8 Å². The third-order valence-corrected chi connectivity index (χ3v) is 6.57. The molecule has 0 saturated carbocycles. The zero-order valence-electron chi connectivity index (χ0n) is 13.4. The van der Waals surface area contributed by atoms with Gasteiger partial charge in [0.05, 0.1) is 3.79 Å². The van der Waals surface area contributed by atoms with Crippen LogP contribution in [0.1, 0.15) is 18.4 Å². The van der Waals surface area contributed by atoms with Crippen molar-refractivity contribution in [2.24, 2.45) is 0 Å². The molecule has 1 aliphatic heterocycles. The highest BCUT2D eigenvalue weighted by Crippen LogP contribution is 2.23. The molecule has 1 N–H and O–H groups in total. The van der Waals surface area contributed by atoms with E-state index in [0.717, 1.165) is 28.0 Å². The Hall–Kier alpha value is -1.51. The number of carbonyl (C=O) groups excluding carboxylic acids is 2. The minimum absolute atomic E-state index is 0.0418. The summed E-state index contributed by atoms with van der Waals surface area (Å²) in [6.45, 7) is 0.738. The summed E-state index contributed by atoms with van der Waals surface area (Å²) in [5.74, 6) is 0.176. The van der Waals surface area contributed by atoms with Gasteiger partial charge in [0.1, 0.15) is 5.75 Å². The quantitative estimate of drug-likeness (QED) is 0.746. The van der Waals surface area contributed by atoms with Crippen molar-refractivity contribution in [3.63, 3.8) is 0 Å². The van der Waals surface area contributed by atoms with Crippen LogP contribution in [0.15, 0.2) is 39.5 Å². The van der Waals surface area contributed by atoms with Crippen LogP contribution in [0.3, 0.4) is 0 Å². The minimum atomic E-state index is -1.25. The second-order valence-corrected chi connectivity index (χ2v) is 9.48. The summed E-state index contributed by atoms with van der Waals surface area (Å²) in [6.07, 6.45) is 1.47. The van der Waals surface area contributed by atoms with Crippen molar-refractivity contribution in [3.05, 3.63) is 45.1 Å². The Bertz CT molecular complexity index is 804. The average Bonchev–Trinajstić information content (AvgIpc) is 3.16. The van der Waals surface area contributed by atoms with Gasteiger partial charge in [-0.25, -0.2) is 0 Å². The van der Waals surface area contributed by atoms with Crippen LogP contribution in [0.4, 0.5) is 11.4 Å². The molecule has 0 radical (unpaired) electrons. The fourth-order valence-corrected chi connectivity index (χ4v) is 4.97. The summed E-state index contributed by atoms with van der Waals surface area (Å²) in [4.78, 5) is 25.5. The molecule has 0 bridgehead atoms. The van der Waals surface area contributed by atoms with Crippen molar-refractivity contribution in [2.45, 2.75) is 18.6 Å². The number of benzene rings is 1. The van der Waals surface area contributed by atoms with Crippen LogP contribution in [-0.4, -0.2) is 28.3 Å². The monoisotopic (exact) mass is 440 g/mol. The number of hydrogen-bond donors (Lipinski definition) is 1. The van der Waals surface area contributed by atoms with Crippen molar-refractivity contribution < 1.29 is 13.8 Å². The molecule has 0 spiro atoms. The lowest BCUT2D eigenvalue weighted by molar-refractivity contribution is -0.117. The van der Waals surface area contributed by atoms with E-state index < -0.39 is 10.8 Å². The molecule has 1 unspecified atom stereocenters. The van der Waals surface area contributed by atoms with Crippen LogP contribution in [0, 0.1) is 0 Å². The van der Waals surface area contributed by atoms with E-state index in [-0.39, 0.29) is 17.6 Å². The normalized spacial score (nSPS) is 15.4. The number of thiophene rings is 1. The van der Waals surface area contributed by atoms with Crippen molar-refractivity contribution in [3.8, 4) is 0 Å². The number of hydrogen-bond acceptors (Lipinski definition) is 4. The Morgan fingerprint density at radius 3 is 2.68 bits per heavy atom. The van der Waals surface area contributed by atoms with Crippen LogP contribution in [-0.2, 0) is 26.1 Å². The van der Waals surface area contributed by atoms with Gasteiger partial charge in [0.15, 0.2) is 0 Å². The van der Waals surface area contributed by atoms with Gasteiger partial charge in [-0.3, -0.25) is 13.8 Å². The number of carbonyl (C=O) groups is 2. The molecule has 8 heteroatoms. The standard InChI is InChI=1S/C17H17BrN2O3S2/c18-15-8-12(9-24-15)10-25(23)11-16(21)19-13-3-5-14(6-4-13)20-7-1-2-17(20)22/h3-6,8-9H,1-2,7,10-11H2,(H,19,21). The number of nitrogens with one attached hydrogen (secondary N) is 1. The maximum Gasteiger partial charge on any atom is 0.237 e. The number of amides is 2. The second kappa shape index (κ2) is 8.25. The van der Waals surface area contributed by atoms with E-state index >= 15 is 0 Å². The molecular weight excluding hydrogens is 424 g/mol. The van der Waals surface area contributed by atoms with E-state index in [9.17, 15) is 13.8 Å². The van der Waals surface area contributed by atoms with Gasteiger partial charge in [-0.1, -0.05) is 0 Å². The van der Waals surface area contributed by atoms with Gasteiger partial charge >= 0.3 is 0 Å². The molecule has 2 amide bonds. The highest BCUT2D eigenvalue weighted by molar-refractivity contribution is 9.11. The highest BCUT2D eigenvalue weighted by atomic mass is 79.9. The lowest BCUT2D eigenvalue weighted by Crippen LogP contribution is -2.23. The van der Waals surface area contributed by atoms with Crippen molar-refractivity contribution in [1.29, 1.82) is 0 Å². The van der Waals surface area contributed by atoms with E-state index in [2.05, 4.69) is 21.2 Å². The second-order valence-electron chi connectivity index (χ2n) is 5.73. The molecule has 1 aromatic carbocycles. The van der Waals surface area contributed by atoms with E-state index in [1.165, 1.54) is 11.3 Å². The maximum absolute atomic E-state index is 12.1. The fourth-order valence-electron chi connectivity index (χ4n) is 2.65. The highest BCUT2D eigenvalue weighted by Gasteiger charge is 2.21. The summed E-state index contributed by atoms with van der Waals surface area (Å²) >= 11 is 4.90. The van der Waals surface area contributed by atoms with E-state index in [1.54, 1.807) is 17.0 Å². The van der Waals surface area contributed by atoms with E-state index in [4.69, 9.17) is 0 Å². The predicted octanol–water partition coefficient (Wildman–Crippen LogP) is 3.52. The number of nitrogens with zero attached hydrogens (tertiary/aromatic N) is 1. The molecule has 2 aromatic rings. The van der Waals surface area contributed by atoms with Crippen LogP contribution in [0.5, 0.6) is 0 Å². The van der Waals surface area contributed by atoms with Crippen LogP contribution >= 0.6 is 27.3 Å². The summed E-state index contributed by atoms with van der Waals surface area (Å²) in [5.41, 5.74) is 2.44. The van der Waals surface area contributed by atoms with Crippen molar-refractivity contribution >= 4 is 61.3 Å². The first-order chi connectivity index (χ1) is 12.0. The number of anilines is 2. The Labute approximate surface area is 161 Å². The predicted molar refractivity (Wildman–Crippen MR) is 105 cm³/mol. The Morgan fingerprint density at radius 2 is 2.08 bits per heavy atom. The van der Waals surface area contributed by atoms with Crippen molar-refractivity contribution in [1.82, 2.24) is 0 Å². The largest absolute Gasteiger partial charge is 0.325 e. The average molecular weight is 441 g/mol. The van der Waals surface area contributed by atoms with Crippen LogP contribution in [0.2, 0.25) is 0 Å². The van der Waals surface area contributed by atoms with Crippen LogP contribution < -0.4 is 10.2 Å². The molecule has 1 aliphatic rings. The third kappa shape index (κ3) is 4.99. The lowest BCUT2D eigenvalue weighted by Gasteiger charge is -2.16. The Kier molecular flexibility index (Phi) is 6.03. The van der Waals surface area contributed by atoms with Gasteiger partial charge in [-0.2, -0.15) is 0 Å². The van der Waals surface area contributed by atoms with Crippen molar-refractivity contribution in [2.75, 3.05) is 22.5 Å². The van der Waals surface area contributed by atoms with Gasteiger partial charge in [0.25, 0.3) is 0 Å². The fraction of sp³-hybridized carbons (Fsp3) is 0.294. The van der Waals surface area contributed by atoms with E-state index in [1.807, 2.05) is 23.6 Å². The first-order valence-corrected chi connectivity index (χ1v) is 11.0. The molecule has 0 aliphatic carbocycles. The van der Waals surface area contributed by atoms with Gasteiger partial charge < -0.3 is 10.2 Å². The molecular formula is C17H17BrN2O3S2. The first kappa shape index (κ1) is 18.3. The van der Waals surface area contributed by atoms with E-state index in [0.29, 0.717) is 17.9 Å². The lowest BCUT2D eigenvalue weighted by atomic mass is 10.2. The molecule has 1 saturated heterocycles. The molecule has 5 nitrogen and oxygen atoms in total. The summed E-state index contributed by atoms with van der Waals surface area (Å²) in [7, 11) is -1.25. The Balaban J connectivity index is 1.52. The SMILES string of the molecule is O=C(CS(=O)Cc1csc(Br)c1)Nc1ccc(N2CCCC2=O)cc1. The summed E-state index contributed by atoms with van der Waals surface area (Å²) in [5, 5.41) is 4.68. The van der Waals surface area contributed by atoms with Gasteiger partial charge in [-0.15, -0.1) is 11.3 Å². The first-order valence-electron chi connectivity index (χ1n) is 7.79. The smallest absolute Gasteiger partial charge is 0.237 e. The Morgan fingerprint density at radius 1 is 1.32 bits per heavy atom. The maximum atomic E-state index is 12.1. The topological polar surface area (TPSA) is 66.5 Å². The molecule has 3 rings (SSSR count). The summed E-state index contributed by atoms with van der Waals surface area (Å²) in [6, 6.07) is 9.08. The molecule has 1 atom stereocenters. The van der Waals surface area contributed by atoms with Crippen LogP contribution in [0.25, 0.3) is 0 Å². The van der Waals surface area contributed by atoms with Gasteiger partial charge in [0, 0.05) is 40.9 Å². The molecule has 2 heterocycles. The molecule has 25 heavy (non-hydrogen) atoms. The summed E-state index contributed by atoms with van der Waals surface area (Å²) < 4.78 is 13.1. The molecule has 1 aromatic heterocycles. The zero-order chi connectivity index (χ0) is 17.8. The molecule has 132 valence electrons. The molecule has 1 fully saturated rings.